The number of hydrogen-bond donors (Lipinski definition) is 1. The van der Waals surface area contributed by atoms with E-state index < -0.39 is 21.8 Å². The summed E-state index contributed by atoms with van der Waals surface area (Å²) in [6.07, 6.45) is 0.774. The predicted octanol–water partition coefficient (Wildman–Crippen LogP) is 1.95. The molecule has 1 saturated heterocycles. The van der Waals surface area contributed by atoms with Crippen LogP contribution < -0.4 is 5.32 Å². The quantitative estimate of drug-likeness (QED) is 0.710. The number of ether oxygens (including phenoxy) is 1. The Bertz CT molecular complexity index is 810. The third kappa shape index (κ3) is 5.40. The highest BCUT2D eigenvalue weighted by atomic mass is 35.5. The van der Waals surface area contributed by atoms with E-state index in [-0.39, 0.29) is 47.3 Å². The molecule has 1 atom stereocenters. The summed E-state index contributed by atoms with van der Waals surface area (Å²) in [5, 5.41) is 2.49. The highest BCUT2D eigenvalue weighted by Gasteiger charge is 2.32. The first kappa shape index (κ1) is 21.6. The molecule has 0 radical (unpaired) electrons. The van der Waals surface area contributed by atoms with Crippen LogP contribution in [0, 0.1) is 11.7 Å². The second kappa shape index (κ2) is 8.99. The van der Waals surface area contributed by atoms with Gasteiger partial charge in [0.2, 0.25) is 15.9 Å². The van der Waals surface area contributed by atoms with Crippen LogP contribution >= 0.6 is 11.6 Å². The lowest BCUT2D eigenvalue weighted by atomic mass is 9.97. The topological polar surface area (TPSA) is 92.8 Å². The highest BCUT2D eigenvalue weighted by Crippen LogP contribution is 2.26. The summed E-state index contributed by atoms with van der Waals surface area (Å²) in [7, 11) is -2.52. The number of amides is 1. The number of esters is 1. The number of carbonyl (C=O) groups excluding carboxylic acids is 2. The summed E-state index contributed by atoms with van der Waals surface area (Å²) < 4.78 is 44.4. The largest absolute Gasteiger partial charge is 0.469 e. The number of benzene rings is 1. The number of nitrogens with zero attached hydrogens (tertiary/aromatic N) is 1. The van der Waals surface area contributed by atoms with Gasteiger partial charge < -0.3 is 10.1 Å². The Labute approximate surface area is 162 Å². The van der Waals surface area contributed by atoms with Crippen molar-refractivity contribution in [3.8, 4) is 0 Å². The van der Waals surface area contributed by atoms with Crippen LogP contribution in [0.5, 0.6) is 0 Å². The van der Waals surface area contributed by atoms with Gasteiger partial charge in [0.05, 0.1) is 23.4 Å². The van der Waals surface area contributed by atoms with Crippen molar-refractivity contribution in [3.63, 3.8) is 0 Å². The molecule has 1 aliphatic heterocycles. The van der Waals surface area contributed by atoms with E-state index in [4.69, 9.17) is 11.6 Å². The van der Waals surface area contributed by atoms with Crippen molar-refractivity contribution in [2.24, 2.45) is 5.92 Å². The van der Waals surface area contributed by atoms with E-state index in [9.17, 15) is 22.4 Å². The van der Waals surface area contributed by atoms with Crippen LogP contribution in [0.25, 0.3) is 0 Å². The predicted molar refractivity (Wildman–Crippen MR) is 97.1 cm³/mol. The van der Waals surface area contributed by atoms with Crippen LogP contribution in [0.15, 0.2) is 23.1 Å². The Morgan fingerprint density at radius 2 is 2.00 bits per heavy atom. The van der Waals surface area contributed by atoms with Gasteiger partial charge in [-0.15, -0.1) is 0 Å². The maximum atomic E-state index is 13.3. The minimum atomic E-state index is -3.80. The molecule has 150 valence electrons. The molecule has 1 fully saturated rings. The van der Waals surface area contributed by atoms with E-state index in [0.29, 0.717) is 12.8 Å². The molecule has 0 saturated carbocycles. The van der Waals surface area contributed by atoms with Gasteiger partial charge in [0, 0.05) is 25.0 Å². The van der Waals surface area contributed by atoms with Crippen molar-refractivity contribution in [3.05, 3.63) is 29.0 Å². The van der Waals surface area contributed by atoms with Crippen molar-refractivity contribution in [2.45, 2.75) is 37.1 Å². The van der Waals surface area contributed by atoms with Gasteiger partial charge in [-0.1, -0.05) is 11.6 Å². The summed E-state index contributed by atoms with van der Waals surface area (Å²) in [6, 6.07) is 2.90. The molecule has 1 amide bonds. The minimum absolute atomic E-state index is 0.0702. The lowest BCUT2D eigenvalue weighted by Crippen LogP contribution is -2.45. The Morgan fingerprint density at radius 3 is 2.56 bits per heavy atom. The number of piperidine rings is 1. The fraction of sp³-hybridized carbons (Fsp3) is 0.529. The van der Waals surface area contributed by atoms with Gasteiger partial charge in [-0.25, -0.2) is 12.8 Å². The molecule has 10 heteroatoms. The third-order valence-corrected chi connectivity index (χ3v) is 6.63. The monoisotopic (exact) mass is 420 g/mol. The van der Waals surface area contributed by atoms with Crippen molar-refractivity contribution in [1.29, 1.82) is 0 Å². The molecular formula is C17H22ClFN2O5S. The van der Waals surface area contributed by atoms with Crippen LogP contribution in [0.1, 0.15) is 26.2 Å². The number of nitrogens with one attached hydrogen (secondary N) is 1. The molecule has 1 heterocycles. The molecule has 7 nitrogen and oxygen atoms in total. The maximum Gasteiger partial charge on any atom is 0.307 e. The second-order valence-electron chi connectivity index (χ2n) is 6.44. The number of carbonyl (C=O) groups is 2. The van der Waals surface area contributed by atoms with Gasteiger partial charge in [-0.05, 0) is 38.0 Å². The van der Waals surface area contributed by atoms with E-state index in [1.807, 2.05) is 0 Å². The number of halogens is 2. The summed E-state index contributed by atoms with van der Waals surface area (Å²) >= 11 is 5.67. The van der Waals surface area contributed by atoms with Crippen molar-refractivity contribution >= 4 is 33.5 Å². The number of sulfonamides is 1. The standard InChI is InChI=1S/C17H22ClFN2O5S/c1-11(9-16(22)26-2)20-17(23)12-5-7-21(8-6-12)27(24,25)13-3-4-15(19)14(18)10-13/h3-4,10-12H,5-9H2,1-2H3,(H,20,23)/t11-/m1/s1. The molecule has 1 N–H and O–H groups in total. The molecule has 0 spiro atoms. The van der Waals surface area contributed by atoms with Crippen LogP contribution in [-0.4, -0.2) is 50.8 Å². The third-order valence-electron chi connectivity index (χ3n) is 4.44. The number of methoxy groups -OCH3 is 1. The Morgan fingerprint density at radius 1 is 1.37 bits per heavy atom. The van der Waals surface area contributed by atoms with E-state index in [1.54, 1.807) is 6.92 Å². The van der Waals surface area contributed by atoms with E-state index >= 15 is 0 Å². The van der Waals surface area contributed by atoms with E-state index in [1.165, 1.54) is 17.5 Å². The van der Waals surface area contributed by atoms with E-state index in [2.05, 4.69) is 10.1 Å². The average Bonchev–Trinajstić information content (AvgIpc) is 2.63. The first-order valence-corrected chi connectivity index (χ1v) is 10.3. The molecule has 0 unspecified atom stereocenters. The lowest BCUT2D eigenvalue weighted by molar-refractivity contribution is -0.141. The normalized spacial score (nSPS) is 17.3. The molecular weight excluding hydrogens is 399 g/mol. The maximum absolute atomic E-state index is 13.3. The van der Waals surface area contributed by atoms with Crippen molar-refractivity contribution in [1.82, 2.24) is 9.62 Å². The Balaban J connectivity index is 1.95. The van der Waals surface area contributed by atoms with Crippen LogP contribution in [0.2, 0.25) is 5.02 Å². The molecule has 0 aromatic heterocycles. The zero-order chi connectivity index (χ0) is 20.2. The number of hydrogen-bond acceptors (Lipinski definition) is 5. The first-order chi connectivity index (χ1) is 12.6. The Kier molecular flexibility index (Phi) is 7.19. The van der Waals surface area contributed by atoms with Crippen molar-refractivity contribution < 1.29 is 27.1 Å². The van der Waals surface area contributed by atoms with Gasteiger partial charge in [-0.2, -0.15) is 4.31 Å². The second-order valence-corrected chi connectivity index (χ2v) is 8.79. The van der Waals surface area contributed by atoms with Gasteiger partial charge in [0.15, 0.2) is 0 Å². The molecule has 2 rings (SSSR count). The minimum Gasteiger partial charge on any atom is -0.469 e. The van der Waals surface area contributed by atoms with Crippen molar-refractivity contribution in [2.75, 3.05) is 20.2 Å². The molecule has 1 aliphatic rings. The average molecular weight is 421 g/mol. The smallest absolute Gasteiger partial charge is 0.307 e. The van der Waals surface area contributed by atoms with Crippen LogP contribution in [0.3, 0.4) is 0 Å². The van der Waals surface area contributed by atoms with Crippen LogP contribution in [-0.2, 0) is 24.3 Å². The zero-order valence-electron chi connectivity index (χ0n) is 15.1. The van der Waals surface area contributed by atoms with E-state index in [0.717, 1.165) is 12.1 Å². The highest BCUT2D eigenvalue weighted by molar-refractivity contribution is 7.89. The molecule has 0 aliphatic carbocycles. The molecule has 0 bridgehead atoms. The van der Waals surface area contributed by atoms with Gasteiger partial charge in [0.1, 0.15) is 5.82 Å². The van der Waals surface area contributed by atoms with Crippen LogP contribution in [0.4, 0.5) is 4.39 Å². The zero-order valence-corrected chi connectivity index (χ0v) is 16.6. The molecule has 1 aromatic rings. The lowest BCUT2D eigenvalue weighted by Gasteiger charge is -2.31. The SMILES string of the molecule is COC(=O)C[C@@H](C)NC(=O)C1CCN(S(=O)(=O)c2ccc(F)c(Cl)c2)CC1. The number of rotatable bonds is 6. The molecule has 1 aromatic carbocycles. The van der Waals surface area contributed by atoms with Gasteiger partial charge in [-0.3, -0.25) is 9.59 Å². The summed E-state index contributed by atoms with van der Waals surface area (Å²) in [5.74, 6) is -1.66. The summed E-state index contributed by atoms with van der Waals surface area (Å²) in [4.78, 5) is 23.4. The first-order valence-electron chi connectivity index (χ1n) is 8.47. The molecule has 27 heavy (non-hydrogen) atoms. The summed E-state index contributed by atoms with van der Waals surface area (Å²) in [5.41, 5.74) is 0. The van der Waals surface area contributed by atoms with Gasteiger partial charge >= 0.3 is 5.97 Å². The fourth-order valence-corrected chi connectivity index (χ4v) is 4.63. The summed E-state index contributed by atoms with van der Waals surface area (Å²) in [6.45, 7) is 2.04. The van der Waals surface area contributed by atoms with Gasteiger partial charge in [0.25, 0.3) is 0 Å². The Hall–Kier alpha value is -1.71. The fourth-order valence-electron chi connectivity index (χ4n) is 2.89.